The fourth-order valence-electron chi connectivity index (χ4n) is 2.62. The van der Waals surface area contributed by atoms with Gasteiger partial charge in [0.2, 0.25) is 5.91 Å². The summed E-state index contributed by atoms with van der Waals surface area (Å²) >= 11 is 0. The van der Waals surface area contributed by atoms with Crippen LogP contribution < -0.4 is 0 Å². The smallest absolute Gasteiger partial charge is 0.269 e. The summed E-state index contributed by atoms with van der Waals surface area (Å²) in [5.41, 5.74) is 0.840. The summed E-state index contributed by atoms with van der Waals surface area (Å²) in [7, 11) is 1.77. The quantitative estimate of drug-likeness (QED) is 0.484. The predicted octanol–water partition coefficient (Wildman–Crippen LogP) is 3.47. The molecule has 0 unspecified atom stereocenters. The van der Waals surface area contributed by atoms with Gasteiger partial charge in [0, 0.05) is 25.1 Å². The second-order valence-corrected chi connectivity index (χ2v) is 5.46. The van der Waals surface area contributed by atoms with E-state index in [1.54, 1.807) is 18.0 Å². The van der Waals surface area contributed by atoms with Gasteiger partial charge in [-0.15, -0.1) is 0 Å². The molecule has 112 valence electrons. The summed E-state index contributed by atoms with van der Waals surface area (Å²) in [5.74, 6) is 0.138. The van der Waals surface area contributed by atoms with Crippen molar-refractivity contribution in [3.8, 4) is 0 Å². The van der Waals surface area contributed by atoms with Crippen LogP contribution in [0.2, 0.25) is 0 Å². The number of non-ortho nitro benzene ring substituents is 1. The number of nitro groups is 1. The van der Waals surface area contributed by atoms with Gasteiger partial charge in [0.1, 0.15) is 0 Å². The molecule has 1 aromatic rings. The molecule has 0 spiro atoms. The molecular weight excluding hydrogens is 268 g/mol. The van der Waals surface area contributed by atoms with E-state index in [1.165, 1.54) is 12.1 Å². The molecule has 2 atom stereocenters. The summed E-state index contributed by atoms with van der Waals surface area (Å²) in [6.45, 7) is 1.90. The second kappa shape index (κ2) is 6.52. The number of rotatable bonds is 4. The largest absolute Gasteiger partial charge is 0.339 e. The first-order chi connectivity index (χ1) is 10.0. The van der Waals surface area contributed by atoms with E-state index in [9.17, 15) is 14.9 Å². The van der Waals surface area contributed by atoms with Crippen molar-refractivity contribution in [2.24, 2.45) is 5.92 Å². The highest BCUT2D eigenvalue weighted by Gasteiger charge is 2.26. The van der Waals surface area contributed by atoms with Gasteiger partial charge in [-0.2, -0.15) is 0 Å². The van der Waals surface area contributed by atoms with E-state index in [4.69, 9.17) is 0 Å². The van der Waals surface area contributed by atoms with Gasteiger partial charge in [-0.25, -0.2) is 0 Å². The van der Waals surface area contributed by atoms with E-state index < -0.39 is 4.92 Å². The number of carbonyl (C=O) groups excluding carboxylic acids is 1. The highest BCUT2D eigenvalue weighted by molar-refractivity contribution is 5.79. The minimum atomic E-state index is -0.413. The highest BCUT2D eigenvalue weighted by Crippen LogP contribution is 2.27. The average molecular weight is 288 g/mol. The summed E-state index contributed by atoms with van der Waals surface area (Å²) in [6.07, 6.45) is 6.76. The lowest BCUT2D eigenvalue weighted by Gasteiger charge is -2.29. The maximum atomic E-state index is 12.5. The number of carbonyl (C=O) groups is 1. The van der Waals surface area contributed by atoms with Gasteiger partial charge >= 0.3 is 0 Å². The molecular formula is C16H20N2O3. The van der Waals surface area contributed by atoms with Crippen LogP contribution in [0.25, 0.3) is 0 Å². The standard InChI is InChI=1S/C16H20N2O3/c1-12(14-9-6-10-15(11-14)18(20)21)17(2)16(19)13-7-4-3-5-8-13/h3-4,6,9-13H,5,7-8H2,1-2H3/t12-,13+/m0/s1. The van der Waals surface area contributed by atoms with Crippen molar-refractivity contribution in [1.29, 1.82) is 0 Å². The molecule has 1 aromatic carbocycles. The number of benzene rings is 1. The Labute approximate surface area is 124 Å². The fourth-order valence-corrected chi connectivity index (χ4v) is 2.62. The van der Waals surface area contributed by atoms with E-state index in [-0.39, 0.29) is 23.6 Å². The minimum absolute atomic E-state index is 0.0288. The van der Waals surface area contributed by atoms with E-state index in [2.05, 4.69) is 12.2 Å². The van der Waals surface area contributed by atoms with E-state index in [1.807, 2.05) is 13.0 Å². The van der Waals surface area contributed by atoms with Crippen molar-refractivity contribution in [3.63, 3.8) is 0 Å². The Kier molecular flexibility index (Phi) is 4.73. The Morgan fingerprint density at radius 3 is 2.81 bits per heavy atom. The van der Waals surface area contributed by atoms with Crippen LogP contribution in [0.1, 0.15) is 37.8 Å². The first-order valence-corrected chi connectivity index (χ1v) is 7.16. The van der Waals surface area contributed by atoms with Crippen LogP contribution in [-0.4, -0.2) is 22.8 Å². The molecule has 21 heavy (non-hydrogen) atoms. The van der Waals surface area contributed by atoms with Crippen LogP contribution >= 0.6 is 0 Å². The Hall–Kier alpha value is -2.17. The van der Waals surface area contributed by atoms with E-state index >= 15 is 0 Å². The fraction of sp³-hybridized carbons (Fsp3) is 0.438. The summed E-state index contributed by atoms with van der Waals surface area (Å²) in [6, 6.07) is 6.30. The van der Waals surface area contributed by atoms with Crippen LogP contribution in [0.3, 0.4) is 0 Å². The molecule has 1 aliphatic carbocycles. The number of hydrogen-bond acceptors (Lipinski definition) is 3. The SMILES string of the molecule is C[C@@H](c1cccc([N+](=O)[O-])c1)N(C)C(=O)[C@@H]1CC=CCC1. The maximum absolute atomic E-state index is 12.5. The van der Waals surface area contributed by atoms with Crippen molar-refractivity contribution in [1.82, 2.24) is 4.90 Å². The molecule has 1 amide bonds. The zero-order chi connectivity index (χ0) is 15.4. The Balaban J connectivity index is 2.12. The van der Waals surface area contributed by atoms with E-state index in [0.29, 0.717) is 0 Å². The van der Waals surface area contributed by atoms with Crippen LogP contribution in [0.15, 0.2) is 36.4 Å². The third-order valence-electron chi connectivity index (χ3n) is 4.11. The molecule has 5 nitrogen and oxygen atoms in total. The zero-order valence-corrected chi connectivity index (χ0v) is 12.4. The third-order valence-corrected chi connectivity index (χ3v) is 4.11. The van der Waals surface area contributed by atoms with Crippen molar-refractivity contribution in [2.75, 3.05) is 7.05 Å². The van der Waals surface area contributed by atoms with Gasteiger partial charge in [-0.1, -0.05) is 24.3 Å². The molecule has 0 saturated carbocycles. The van der Waals surface area contributed by atoms with Crippen molar-refractivity contribution in [2.45, 2.75) is 32.2 Å². The zero-order valence-electron chi connectivity index (χ0n) is 12.4. The Bertz CT molecular complexity index is 568. The molecule has 5 heteroatoms. The molecule has 2 rings (SSSR count). The lowest BCUT2D eigenvalue weighted by atomic mass is 9.92. The van der Waals surface area contributed by atoms with Crippen molar-refractivity contribution in [3.05, 3.63) is 52.1 Å². The summed E-state index contributed by atoms with van der Waals surface area (Å²) in [5, 5.41) is 10.8. The topological polar surface area (TPSA) is 63.5 Å². The van der Waals surface area contributed by atoms with Gasteiger partial charge in [0.05, 0.1) is 11.0 Å². The van der Waals surface area contributed by atoms with E-state index in [0.717, 1.165) is 24.8 Å². The highest BCUT2D eigenvalue weighted by atomic mass is 16.6. The summed E-state index contributed by atoms with van der Waals surface area (Å²) in [4.78, 5) is 24.6. The molecule has 0 fully saturated rings. The number of nitro benzene ring substituents is 1. The number of hydrogen-bond donors (Lipinski definition) is 0. The average Bonchev–Trinajstić information content (AvgIpc) is 2.53. The Morgan fingerprint density at radius 2 is 2.19 bits per heavy atom. The molecule has 0 N–H and O–H groups in total. The van der Waals surface area contributed by atoms with Crippen molar-refractivity contribution < 1.29 is 9.72 Å². The van der Waals surface area contributed by atoms with Gasteiger partial charge < -0.3 is 4.90 Å². The summed E-state index contributed by atoms with van der Waals surface area (Å²) < 4.78 is 0. The van der Waals surface area contributed by atoms with Crippen LogP contribution in [0, 0.1) is 16.0 Å². The van der Waals surface area contributed by atoms with Crippen molar-refractivity contribution >= 4 is 11.6 Å². The number of allylic oxidation sites excluding steroid dienone is 2. The lowest BCUT2D eigenvalue weighted by molar-refractivity contribution is -0.384. The van der Waals surface area contributed by atoms with Gasteiger partial charge in [-0.3, -0.25) is 14.9 Å². The number of amides is 1. The minimum Gasteiger partial charge on any atom is -0.339 e. The predicted molar refractivity (Wildman–Crippen MR) is 80.8 cm³/mol. The monoisotopic (exact) mass is 288 g/mol. The second-order valence-electron chi connectivity index (χ2n) is 5.46. The normalized spacial score (nSPS) is 19.0. The molecule has 1 aliphatic rings. The molecule has 0 bridgehead atoms. The maximum Gasteiger partial charge on any atom is 0.269 e. The van der Waals surface area contributed by atoms with Gasteiger partial charge in [-0.05, 0) is 31.7 Å². The molecule has 0 heterocycles. The first-order valence-electron chi connectivity index (χ1n) is 7.16. The molecule has 0 saturated heterocycles. The third kappa shape index (κ3) is 3.48. The van der Waals surface area contributed by atoms with Gasteiger partial charge in [0.25, 0.3) is 5.69 Å². The first kappa shape index (κ1) is 15.2. The Morgan fingerprint density at radius 1 is 1.43 bits per heavy atom. The van der Waals surface area contributed by atoms with Crippen LogP contribution in [0.4, 0.5) is 5.69 Å². The molecule has 0 aromatic heterocycles. The van der Waals surface area contributed by atoms with Crippen LogP contribution in [0.5, 0.6) is 0 Å². The van der Waals surface area contributed by atoms with Gasteiger partial charge in [0.15, 0.2) is 0 Å². The molecule has 0 aliphatic heterocycles. The number of nitrogens with zero attached hydrogens (tertiary/aromatic N) is 2. The lowest BCUT2D eigenvalue weighted by Crippen LogP contribution is -2.35. The molecule has 0 radical (unpaired) electrons. The van der Waals surface area contributed by atoms with Crippen LogP contribution in [-0.2, 0) is 4.79 Å².